The van der Waals surface area contributed by atoms with Crippen LogP contribution in [0.1, 0.15) is 82.6 Å². The van der Waals surface area contributed by atoms with Gasteiger partial charge in [-0.25, -0.2) is 4.79 Å². The zero-order chi connectivity index (χ0) is 21.6. The zero-order valence-electron chi connectivity index (χ0n) is 18.7. The molecular formula is C26H39NO3. The van der Waals surface area contributed by atoms with Gasteiger partial charge in [0.1, 0.15) is 12.1 Å². The molecule has 1 aromatic rings. The fraction of sp³-hybridized carbons (Fsp3) is 0.615. The van der Waals surface area contributed by atoms with Crippen LogP contribution in [0.25, 0.3) is 0 Å². The first-order chi connectivity index (χ1) is 14.6. The molecule has 1 aromatic carbocycles. The van der Waals surface area contributed by atoms with Crippen LogP contribution in [0.5, 0.6) is 0 Å². The van der Waals surface area contributed by atoms with Gasteiger partial charge in [0.25, 0.3) is 0 Å². The monoisotopic (exact) mass is 413 g/mol. The Balaban J connectivity index is 2.02. The highest BCUT2D eigenvalue weighted by Crippen LogP contribution is 2.21. The Kier molecular flexibility index (Phi) is 11.3. The Morgan fingerprint density at radius 1 is 1.07 bits per heavy atom. The fourth-order valence-electron chi connectivity index (χ4n) is 4.13. The predicted molar refractivity (Wildman–Crippen MR) is 122 cm³/mol. The lowest BCUT2D eigenvalue weighted by atomic mass is 9.99. The Bertz CT molecular complexity index is 633. The third-order valence-corrected chi connectivity index (χ3v) is 6.08. The van der Waals surface area contributed by atoms with E-state index < -0.39 is 6.04 Å². The number of nitrogens with zero attached hydrogens (tertiary/aromatic N) is 1. The minimum Gasteiger partial charge on any atom is -0.461 e. The Hall–Kier alpha value is -2.10. The van der Waals surface area contributed by atoms with E-state index in [0.29, 0.717) is 19.3 Å². The summed E-state index contributed by atoms with van der Waals surface area (Å²) >= 11 is 0. The van der Waals surface area contributed by atoms with Crippen LogP contribution in [0.2, 0.25) is 0 Å². The number of allylic oxidation sites excluding steroid dienone is 1. The first-order valence-electron chi connectivity index (χ1n) is 11.7. The van der Waals surface area contributed by atoms with Crippen molar-refractivity contribution in [3.8, 4) is 0 Å². The minimum absolute atomic E-state index is 0.0218. The van der Waals surface area contributed by atoms with Gasteiger partial charge in [-0.1, -0.05) is 68.5 Å². The van der Waals surface area contributed by atoms with Crippen molar-refractivity contribution >= 4 is 11.9 Å². The third kappa shape index (κ3) is 8.73. The van der Waals surface area contributed by atoms with Crippen LogP contribution in [0.4, 0.5) is 0 Å². The number of carbonyl (C=O) groups excluding carboxylic acids is 2. The maximum atomic E-state index is 13.2. The number of rotatable bonds is 9. The maximum absolute atomic E-state index is 13.2. The molecule has 4 nitrogen and oxygen atoms in total. The molecule has 4 heteroatoms. The molecule has 0 unspecified atom stereocenters. The van der Waals surface area contributed by atoms with E-state index in [9.17, 15) is 9.59 Å². The van der Waals surface area contributed by atoms with Crippen molar-refractivity contribution in [1.29, 1.82) is 0 Å². The van der Waals surface area contributed by atoms with Crippen molar-refractivity contribution < 1.29 is 14.3 Å². The molecule has 2 rings (SSSR count). The summed E-state index contributed by atoms with van der Waals surface area (Å²) in [4.78, 5) is 27.4. The van der Waals surface area contributed by atoms with Crippen molar-refractivity contribution in [3.63, 3.8) is 0 Å². The lowest BCUT2D eigenvalue weighted by Crippen LogP contribution is -2.44. The van der Waals surface area contributed by atoms with E-state index in [0.717, 1.165) is 32.1 Å². The molecule has 1 atom stereocenters. The van der Waals surface area contributed by atoms with E-state index in [1.807, 2.05) is 18.2 Å². The van der Waals surface area contributed by atoms with Gasteiger partial charge in [-0.15, -0.1) is 6.58 Å². The molecule has 0 heterocycles. The lowest BCUT2D eigenvalue weighted by Gasteiger charge is -2.29. The SMILES string of the molecule is C=CCCC(=O)N(C)[C@@H](CCc1ccccc1)C(=O)OC1CCCCCCCCC1. The largest absolute Gasteiger partial charge is 0.461 e. The molecule has 30 heavy (non-hydrogen) atoms. The summed E-state index contributed by atoms with van der Waals surface area (Å²) in [5.74, 6) is -0.279. The van der Waals surface area contributed by atoms with Gasteiger partial charge in [0.05, 0.1) is 0 Å². The summed E-state index contributed by atoms with van der Waals surface area (Å²) in [6.45, 7) is 3.69. The molecule has 0 aliphatic heterocycles. The van der Waals surface area contributed by atoms with Gasteiger partial charge < -0.3 is 9.64 Å². The number of carbonyl (C=O) groups is 2. The standard InChI is InChI=1S/C26H39NO3/c1-3-4-19-25(28)27(2)24(21-20-22-15-11-10-12-16-22)26(29)30-23-17-13-8-6-5-7-9-14-18-23/h3,10-12,15-16,23-24H,1,4-9,13-14,17-21H2,2H3/t24-/m0/s1. The lowest BCUT2D eigenvalue weighted by molar-refractivity contribution is -0.159. The minimum atomic E-state index is -0.544. The normalized spacial score (nSPS) is 17.0. The van der Waals surface area contributed by atoms with E-state index in [-0.39, 0.29) is 18.0 Å². The second kappa shape index (κ2) is 14.0. The number of esters is 1. The summed E-state index contributed by atoms with van der Waals surface area (Å²) in [5, 5.41) is 0. The van der Waals surface area contributed by atoms with Crippen LogP contribution in [0.15, 0.2) is 43.0 Å². The average molecular weight is 414 g/mol. The number of benzene rings is 1. The van der Waals surface area contributed by atoms with E-state index in [4.69, 9.17) is 4.74 Å². The Morgan fingerprint density at radius 3 is 2.27 bits per heavy atom. The molecule has 0 saturated heterocycles. The van der Waals surface area contributed by atoms with Crippen LogP contribution in [0.3, 0.4) is 0 Å². The summed E-state index contributed by atoms with van der Waals surface area (Å²) in [6.07, 6.45) is 14.4. The number of hydrogen-bond acceptors (Lipinski definition) is 3. The van der Waals surface area contributed by atoms with Crippen LogP contribution in [-0.4, -0.2) is 36.0 Å². The van der Waals surface area contributed by atoms with Crippen molar-refractivity contribution in [2.24, 2.45) is 0 Å². The van der Waals surface area contributed by atoms with Gasteiger partial charge in [-0.2, -0.15) is 0 Å². The highest BCUT2D eigenvalue weighted by molar-refractivity contribution is 5.84. The summed E-state index contributed by atoms with van der Waals surface area (Å²) in [7, 11) is 1.73. The van der Waals surface area contributed by atoms with Crippen LogP contribution in [0, 0.1) is 0 Å². The van der Waals surface area contributed by atoms with Crippen LogP contribution < -0.4 is 0 Å². The Labute approximate surface area is 182 Å². The smallest absolute Gasteiger partial charge is 0.329 e. The highest BCUT2D eigenvalue weighted by atomic mass is 16.5. The van der Waals surface area contributed by atoms with Gasteiger partial charge in [0, 0.05) is 13.5 Å². The number of hydrogen-bond donors (Lipinski definition) is 0. The van der Waals surface area contributed by atoms with E-state index in [2.05, 4.69) is 18.7 Å². The van der Waals surface area contributed by atoms with Gasteiger partial charge in [-0.3, -0.25) is 4.79 Å². The first-order valence-corrected chi connectivity index (χ1v) is 11.7. The van der Waals surface area contributed by atoms with E-state index >= 15 is 0 Å². The molecule has 0 N–H and O–H groups in total. The quantitative estimate of drug-likeness (QED) is 0.377. The van der Waals surface area contributed by atoms with E-state index in [1.165, 1.54) is 37.7 Å². The van der Waals surface area contributed by atoms with Crippen LogP contribution >= 0.6 is 0 Å². The second-order valence-electron chi connectivity index (χ2n) is 8.48. The van der Waals surface area contributed by atoms with Gasteiger partial charge >= 0.3 is 5.97 Å². The maximum Gasteiger partial charge on any atom is 0.329 e. The number of likely N-dealkylation sites (N-methyl/N-ethyl adjacent to an activating group) is 1. The second-order valence-corrected chi connectivity index (χ2v) is 8.48. The van der Waals surface area contributed by atoms with Gasteiger partial charge in [0.2, 0.25) is 5.91 Å². The number of amides is 1. The van der Waals surface area contributed by atoms with Crippen molar-refractivity contribution in [2.75, 3.05) is 7.05 Å². The molecule has 0 radical (unpaired) electrons. The fourth-order valence-corrected chi connectivity index (χ4v) is 4.13. The first kappa shape index (κ1) is 24.2. The third-order valence-electron chi connectivity index (χ3n) is 6.08. The zero-order valence-corrected chi connectivity index (χ0v) is 18.7. The van der Waals surface area contributed by atoms with Gasteiger partial charge in [-0.05, 0) is 50.5 Å². The molecule has 1 saturated carbocycles. The topological polar surface area (TPSA) is 46.6 Å². The molecular weight excluding hydrogens is 374 g/mol. The molecule has 0 spiro atoms. The average Bonchev–Trinajstić information content (AvgIpc) is 2.77. The van der Waals surface area contributed by atoms with E-state index in [1.54, 1.807) is 18.0 Å². The van der Waals surface area contributed by atoms with Crippen molar-refractivity contribution in [2.45, 2.75) is 95.6 Å². The molecule has 1 aliphatic rings. The molecule has 166 valence electrons. The summed E-state index contributed by atoms with van der Waals surface area (Å²) in [5.41, 5.74) is 1.17. The predicted octanol–water partition coefficient (Wildman–Crippen LogP) is 5.85. The number of aryl methyl sites for hydroxylation is 1. The number of ether oxygens (including phenoxy) is 1. The van der Waals surface area contributed by atoms with Crippen molar-refractivity contribution in [3.05, 3.63) is 48.6 Å². The van der Waals surface area contributed by atoms with Crippen LogP contribution in [-0.2, 0) is 20.7 Å². The van der Waals surface area contributed by atoms with Crippen molar-refractivity contribution in [1.82, 2.24) is 4.90 Å². The summed E-state index contributed by atoms with van der Waals surface area (Å²) < 4.78 is 6.00. The molecule has 1 fully saturated rings. The molecule has 0 bridgehead atoms. The highest BCUT2D eigenvalue weighted by Gasteiger charge is 2.29. The van der Waals surface area contributed by atoms with Gasteiger partial charge in [0.15, 0.2) is 0 Å². The molecule has 1 amide bonds. The Morgan fingerprint density at radius 2 is 1.67 bits per heavy atom. The molecule has 0 aromatic heterocycles. The molecule has 1 aliphatic carbocycles. The summed E-state index contributed by atoms with van der Waals surface area (Å²) in [6, 6.07) is 9.56.